The molecule has 0 aliphatic carbocycles. The van der Waals surface area contributed by atoms with E-state index in [4.69, 9.17) is 11.6 Å². The molecule has 0 bridgehead atoms. The van der Waals surface area contributed by atoms with Gasteiger partial charge in [-0.15, -0.1) is 11.6 Å². The molecule has 0 N–H and O–H groups in total. The van der Waals surface area contributed by atoms with Gasteiger partial charge in [0.1, 0.15) is 0 Å². The van der Waals surface area contributed by atoms with Crippen molar-refractivity contribution in [3.63, 3.8) is 0 Å². The van der Waals surface area contributed by atoms with Gasteiger partial charge in [0, 0.05) is 36.7 Å². The highest BCUT2D eigenvalue weighted by Gasteiger charge is 2.18. The number of nitrogens with zero attached hydrogens (tertiary/aromatic N) is 2. The maximum absolute atomic E-state index is 11.8. The fourth-order valence-corrected chi connectivity index (χ4v) is 1.45. The summed E-state index contributed by atoms with van der Waals surface area (Å²) in [5.41, 5.74) is 0.609. The Morgan fingerprint density at radius 1 is 1.47 bits per heavy atom. The van der Waals surface area contributed by atoms with Crippen molar-refractivity contribution in [2.24, 2.45) is 5.92 Å². The Morgan fingerprint density at radius 3 is 2.41 bits per heavy atom. The number of carbonyl (C=O) groups excluding carboxylic acids is 1. The van der Waals surface area contributed by atoms with Gasteiger partial charge in [-0.3, -0.25) is 14.9 Å². The lowest BCUT2D eigenvalue weighted by molar-refractivity contribution is -0.384. The number of carbonyl (C=O) groups is 1. The number of amides is 1. The number of non-ortho nitro benzene ring substituents is 1. The van der Waals surface area contributed by atoms with E-state index in [1.165, 1.54) is 29.2 Å². The SMILES string of the molecule is CC(CCl)C(=O)N(C)c1ccc([N+](=O)[O-])cc1. The molecule has 92 valence electrons. The first kappa shape index (κ1) is 13.4. The van der Waals surface area contributed by atoms with E-state index < -0.39 is 4.92 Å². The molecule has 0 aliphatic rings. The Morgan fingerprint density at radius 2 is 2.00 bits per heavy atom. The number of anilines is 1. The summed E-state index contributed by atoms with van der Waals surface area (Å²) in [5.74, 6) is -0.151. The van der Waals surface area contributed by atoms with Crippen molar-refractivity contribution in [1.29, 1.82) is 0 Å². The van der Waals surface area contributed by atoms with Crippen molar-refractivity contribution in [3.8, 4) is 0 Å². The number of hydrogen-bond acceptors (Lipinski definition) is 3. The van der Waals surface area contributed by atoms with Crippen molar-refractivity contribution in [1.82, 2.24) is 0 Å². The monoisotopic (exact) mass is 256 g/mol. The van der Waals surface area contributed by atoms with E-state index in [2.05, 4.69) is 0 Å². The quantitative estimate of drug-likeness (QED) is 0.472. The van der Waals surface area contributed by atoms with Gasteiger partial charge >= 0.3 is 0 Å². The van der Waals surface area contributed by atoms with Crippen LogP contribution in [0.25, 0.3) is 0 Å². The minimum atomic E-state index is -0.479. The van der Waals surface area contributed by atoms with Crippen molar-refractivity contribution < 1.29 is 9.72 Å². The molecule has 1 unspecified atom stereocenters. The molecular weight excluding hydrogens is 244 g/mol. The molecular formula is C11H13ClN2O3. The number of rotatable bonds is 4. The molecule has 17 heavy (non-hydrogen) atoms. The standard InChI is InChI=1S/C11H13ClN2O3/c1-8(7-12)11(15)13(2)9-3-5-10(6-4-9)14(16)17/h3-6,8H,7H2,1-2H3. The van der Waals surface area contributed by atoms with Gasteiger partial charge < -0.3 is 4.90 Å². The summed E-state index contributed by atoms with van der Waals surface area (Å²) in [6, 6.07) is 5.81. The molecule has 6 heteroatoms. The summed E-state index contributed by atoms with van der Waals surface area (Å²) in [5, 5.41) is 10.5. The van der Waals surface area contributed by atoms with E-state index in [-0.39, 0.29) is 23.4 Å². The average Bonchev–Trinajstić information content (AvgIpc) is 2.36. The first-order valence-electron chi connectivity index (χ1n) is 5.05. The van der Waals surface area contributed by atoms with Crippen molar-refractivity contribution >= 4 is 28.9 Å². The molecule has 0 heterocycles. The van der Waals surface area contributed by atoms with Crippen LogP contribution in [0.15, 0.2) is 24.3 Å². The van der Waals surface area contributed by atoms with Crippen LogP contribution in [-0.4, -0.2) is 23.8 Å². The molecule has 0 aliphatic heterocycles. The predicted molar refractivity (Wildman–Crippen MR) is 66.4 cm³/mol. The van der Waals surface area contributed by atoms with Gasteiger partial charge in [-0.2, -0.15) is 0 Å². The zero-order chi connectivity index (χ0) is 13.0. The highest BCUT2D eigenvalue weighted by Crippen LogP contribution is 2.19. The highest BCUT2D eigenvalue weighted by molar-refractivity contribution is 6.19. The number of hydrogen-bond donors (Lipinski definition) is 0. The van der Waals surface area contributed by atoms with E-state index in [9.17, 15) is 14.9 Å². The van der Waals surface area contributed by atoms with Crippen molar-refractivity contribution in [2.45, 2.75) is 6.92 Å². The fraction of sp³-hybridized carbons (Fsp3) is 0.364. The molecule has 0 spiro atoms. The summed E-state index contributed by atoms with van der Waals surface area (Å²) < 4.78 is 0. The van der Waals surface area contributed by atoms with Crippen LogP contribution in [0.4, 0.5) is 11.4 Å². The first-order valence-corrected chi connectivity index (χ1v) is 5.58. The number of nitro groups is 1. The van der Waals surface area contributed by atoms with Gasteiger partial charge in [-0.25, -0.2) is 0 Å². The second kappa shape index (κ2) is 5.63. The molecule has 1 aromatic carbocycles. The van der Waals surface area contributed by atoms with E-state index in [0.29, 0.717) is 5.69 Å². The molecule has 1 aromatic rings. The first-order chi connectivity index (χ1) is 7.97. The van der Waals surface area contributed by atoms with Crippen LogP contribution < -0.4 is 4.90 Å². The van der Waals surface area contributed by atoms with Crippen molar-refractivity contribution in [3.05, 3.63) is 34.4 Å². The lowest BCUT2D eigenvalue weighted by atomic mass is 10.1. The minimum absolute atomic E-state index is 0.00000849. The van der Waals surface area contributed by atoms with Gasteiger partial charge in [0.25, 0.3) is 5.69 Å². The Bertz CT molecular complexity index is 419. The fourth-order valence-electron chi connectivity index (χ4n) is 1.32. The van der Waals surface area contributed by atoms with Crippen LogP contribution in [-0.2, 0) is 4.79 Å². The number of halogens is 1. The lowest BCUT2D eigenvalue weighted by Gasteiger charge is -2.20. The van der Waals surface area contributed by atoms with Crippen LogP contribution in [0.5, 0.6) is 0 Å². The van der Waals surface area contributed by atoms with Crippen molar-refractivity contribution in [2.75, 3.05) is 17.8 Å². The number of nitro benzene ring substituents is 1. The lowest BCUT2D eigenvalue weighted by Crippen LogP contribution is -2.32. The Kier molecular flexibility index (Phi) is 4.45. The molecule has 0 saturated heterocycles. The molecule has 0 fully saturated rings. The van der Waals surface area contributed by atoms with Gasteiger partial charge in [-0.1, -0.05) is 6.92 Å². The summed E-state index contributed by atoms with van der Waals surface area (Å²) >= 11 is 5.61. The van der Waals surface area contributed by atoms with Crippen LogP contribution in [0.3, 0.4) is 0 Å². The summed E-state index contributed by atoms with van der Waals surface area (Å²) in [6.07, 6.45) is 0. The van der Waals surface area contributed by atoms with E-state index in [0.717, 1.165) is 0 Å². The van der Waals surface area contributed by atoms with Crippen LogP contribution in [0, 0.1) is 16.0 Å². The van der Waals surface area contributed by atoms with E-state index in [1.54, 1.807) is 14.0 Å². The number of alkyl halides is 1. The van der Waals surface area contributed by atoms with Gasteiger partial charge in [0.2, 0.25) is 5.91 Å². The smallest absolute Gasteiger partial charge is 0.269 e. The molecule has 0 radical (unpaired) electrons. The Balaban J connectivity index is 2.86. The summed E-state index contributed by atoms with van der Waals surface area (Å²) in [7, 11) is 1.62. The topological polar surface area (TPSA) is 63.5 Å². The van der Waals surface area contributed by atoms with E-state index in [1.807, 2.05) is 0 Å². The maximum Gasteiger partial charge on any atom is 0.269 e. The summed E-state index contributed by atoms with van der Waals surface area (Å²) in [4.78, 5) is 23.2. The Hall–Kier alpha value is -1.62. The van der Waals surface area contributed by atoms with Crippen LogP contribution >= 0.6 is 11.6 Å². The zero-order valence-corrected chi connectivity index (χ0v) is 10.3. The molecule has 1 rings (SSSR count). The minimum Gasteiger partial charge on any atom is -0.315 e. The molecule has 1 atom stereocenters. The number of benzene rings is 1. The van der Waals surface area contributed by atoms with Gasteiger partial charge in [0.05, 0.1) is 4.92 Å². The van der Waals surface area contributed by atoms with E-state index >= 15 is 0 Å². The molecule has 0 aromatic heterocycles. The molecule has 5 nitrogen and oxygen atoms in total. The normalized spacial score (nSPS) is 11.9. The van der Waals surface area contributed by atoms with Gasteiger partial charge in [0.15, 0.2) is 0 Å². The third kappa shape index (κ3) is 3.17. The second-order valence-corrected chi connectivity index (χ2v) is 4.03. The van der Waals surface area contributed by atoms with Crippen LogP contribution in [0.2, 0.25) is 0 Å². The largest absolute Gasteiger partial charge is 0.315 e. The van der Waals surface area contributed by atoms with Gasteiger partial charge in [-0.05, 0) is 12.1 Å². The maximum atomic E-state index is 11.8. The third-order valence-corrected chi connectivity index (χ3v) is 2.89. The van der Waals surface area contributed by atoms with Crippen LogP contribution in [0.1, 0.15) is 6.92 Å². The molecule has 0 saturated carbocycles. The second-order valence-electron chi connectivity index (χ2n) is 3.73. The average molecular weight is 257 g/mol. The summed E-state index contributed by atoms with van der Waals surface area (Å²) in [6.45, 7) is 1.73. The third-order valence-electron chi connectivity index (χ3n) is 2.43. The predicted octanol–water partition coefficient (Wildman–Crippen LogP) is 2.43. The zero-order valence-electron chi connectivity index (χ0n) is 9.59. The molecule has 1 amide bonds. The Labute approximate surface area is 104 Å². The highest BCUT2D eigenvalue weighted by atomic mass is 35.5.